The third-order valence-corrected chi connectivity index (χ3v) is 6.54. The molecule has 2 heterocycles. The van der Waals surface area contributed by atoms with E-state index in [0.717, 1.165) is 60.1 Å². The molecular weight excluding hydrogens is 381 g/mol. The summed E-state index contributed by atoms with van der Waals surface area (Å²) in [5.41, 5.74) is 2.05. The Bertz CT molecular complexity index is 884. The third-order valence-electron chi connectivity index (χ3n) is 5.38. The van der Waals surface area contributed by atoms with E-state index in [-0.39, 0.29) is 0 Å². The summed E-state index contributed by atoms with van der Waals surface area (Å²) in [6, 6.07) is 12.1. The molecule has 0 amide bonds. The molecule has 0 radical (unpaired) electrons. The van der Waals surface area contributed by atoms with Crippen molar-refractivity contribution >= 4 is 17.3 Å². The number of likely N-dealkylation sites (N-methyl/N-ethyl adjacent to an activating group) is 1. The van der Waals surface area contributed by atoms with Gasteiger partial charge in [0.1, 0.15) is 0 Å². The summed E-state index contributed by atoms with van der Waals surface area (Å²) in [6.07, 6.45) is -1.38. The van der Waals surface area contributed by atoms with Gasteiger partial charge in [-0.1, -0.05) is 36.0 Å². The lowest BCUT2D eigenvalue weighted by Gasteiger charge is -2.32. The molecule has 0 aromatic heterocycles. The zero-order valence-electron chi connectivity index (χ0n) is 15.8. The number of alkyl halides is 3. The van der Waals surface area contributed by atoms with Crippen LogP contribution in [-0.4, -0.2) is 49.6 Å². The Balaban J connectivity index is 1.63. The minimum absolute atomic E-state index is 0.587. The predicted molar refractivity (Wildman–Crippen MR) is 108 cm³/mol. The number of benzene rings is 2. The van der Waals surface area contributed by atoms with E-state index in [0.29, 0.717) is 5.56 Å². The first kappa shape index (κ1) is 19.6. The molecule has 0 atom stereocenters. The van der Waals surface area contributed by atoms with Crippen molar-refractivity contribution in [1.82, 2.24) is 9.80 Å². The van der Waals surface area contributed by atoms with E-state index in [1.807, 2.05) is 24.3 Å². The second kappa shape index (κ2) is 7.93. The van der Waals surface area contributed by atoms with Crippen LogP contribution in [0.5, 0.6) is 0 Å². The fourth-order valence-corrected chi connectivity index (χ4v) is 4.82. The molecule has 0 aliphatic carbocycles. The third kappa shape index (κ3) is 4.14. The van der Waals surface area contributed by atoms with Gasteiger partial charge in [-0.05, 0) is 54.4 Å². The summed E-state index contributed by atoms with van der Waals surface area (Å²) in [4.78, 5) is 6.73. The molecule has 0 bridgehead atoms. The van der Waals surface area contributed by atoms with Crippen molar-refractivity contribution in [2.24, 2.45) is 0 Å². The molecule has 2 aliphatic rings. The van der Waals surface area contributed by atoms with Gasteiger partial charge in [0.05, 0.1) is 5.56 Å². The van der Waals surface area contributed by atoms with E-state index >= 15 is 0 Å². The largest absolute Gasteiger partial charge is 0.416 e. The lowest BCUT2D eigenvalue weighted by Crippen LogP contribution is -2.44. The summed E-state index contributed by atoms with van der Waals surface area (Å²) < 4.78 is 39.8. The van der Waals surface area contributed by atoms with Gasteiger partial charge in [0.15, 0.2) is 0 Å². The molecule has 1 saturated heterocycles. The van der Waals surface area contributed by atoms with Crippen molar-refractivity contribution in [3.8, 4) is 0 Å². The lowest BCUT2D eigenvalue weighted by molar-refractivity contribution is -0.137. The normalized spacial score (nSPS) is 19.5. The molecule has 0 N–H and O–H groups in total. The lowest BCUT2D eigenvalue weighted by atomic mass is 9.94. The summed E-state index contributed by atoms with van der Waals surface area (Å²) in [7, 11) is 2.13. The Kier molecular flexibility index (Phi) is 5.54. The van der Waals surface area contributed by atoms with Gasteiger partial charge in [-0.2, -0.15) is 13.2 Å². The Hall–Kier alpha value is -1.76. The molecule has 0 spiro atoms. The Morgan fingerprint density at radius 3 is 2.43 bits per heavy atom. The van der Waals surface area contributed by atoms with Gasteiger partial charge in [0, 0.05) is 42.5 Å². The molecule has 2 nitrogen and oxygen atoms in total. The maximum atomic E-state index is 13.3. The predicted octanol–water partition coefficient (Wildman–Crippen LogP) is 5.24. The van der Waals surface area contributed by atoms with E-state index in [1.165, 1.54) is 12.1 Å². The molecule has 6 heteroatoms. The van der Waals surface area contributed by atoms with Crippen LogP contribution in [0.4, 0.5) is 13.2 Å². The Labute approximate surface area is 168 Å². The van der Waals surface area contributed by atoms with Crippen LogP contribution in [0, 0.1) is 0 Å². The number of nitrogens with zero attached hydrogens (tertiary/aromatic N) is 2. The minimum Gasteiger partial charge on any atom is -0.304 e. The Morgan fingerprint density at radius 2 is 1.68 bits per heavy atom. The smallest absolute Gasteiger partial charge is 0.304 e. The van der Waals surface area contributed by atoms with E-state index < -0.39 is 11.7 Å². The SMILES string of the molecule is CN1CCN(CCC=C2c3ccccc3Sc3ccc(C(F)(F)F)cc32)CC1. The van der Waals surface area contributed by atoms with Crippen molar-refractivity contribution < 1.29 is 13.2 Å². The van der Waals surface area contributed by atoms with Crippen LogP contribution < -0.4 is 0 Å². The van der Waals surface area contributed by atoms with Gasteiger partial charge < -0.3 is 9.80 Å². The maximum Gasteiger partial charge on any atom is 0.416 e. The summed E-state index contributed by atoms with van der Waals surface area (Å²) in [5, 5.41) is 0. The number of fused-ring (bicyclic) bond motifs is 2. The van der Waals surface area contributed by atoms with Crippen molar-refractivity contribution in [3.05, 3.63) is 65.2 Å². The van der Waals surface area contributed by atoms with Crippen molar-refractivity contribution in [2.45, 2.75) is 22.4 Å². The summed E-state index contributed by atoms with van der Waals surface area (Å²) in [6.45, 7) is 5.14. The van der Waals surface area contributed by atoms with E-state index in [2.05, 4.69) is 22.9 Å². The number of hydrogen-bond donors (Lipinski definition) is 0. The fraction of sp³-hybridized carbons (Fsp3) is 0.364. The Morgan fingerprint density at radius 1 is 0.964 bits per heavy atom. The number of halogens is 3. The fourth-order valence-electron chi connectivity index (χ4n) is 3.73. The molecule has 1 fully saturated rings. The number of rotatable bonds is 3. The molecule has 0 saturated carbocycles. The first-order valence-corrected chi connectivity index (χ1v) is 10.3. The van der Waals surface area contributed by atoms with E-state index in [4.69, 9.17) is 0 Å². The van der Waals surface area contributed by atoms with E-state index in [1.54, 1.807) is 17.8 Å². The number of hydrogen-bond acceptors (Lipinski definition) is 3. The first-order valence-electron chi connectivity index (χ1n) is 9.52. The highest BCUT2D eigenvalue weighted by Crippen LogP contribution is 2.47. The monoisotopic (exact) mass is 404 g/mol. The highest BCUT2D eigenvalue weighted by atomic mass is 32.2. The topological polar surface area (TPSA) is 6.48 Å². The second-order valence-electron chi connectivity index (χ2n) is 7.36. The van der Waals surface area contributed by atoms with Crippen molar-refractivity contribution in [1.29, 1.82) is 0 Å². The van der Waals surface area contributed by atoms with Crippen LogP contribution >= 0.6 is 11.8 Å². The molecule has 148 valence electrons. The van der Waals surface area contributed by atoms with Crippen LogP contribution in [0.1, 0.15) is 23.1 Å². The molecule has 2 aromatic carbocycles. The van der Waals surface area contributed by atoms with Gasteiger partial charge in [-0.25, -0.2) is 0 Å². The maximum absolute atomic E-state index is 13.3. The quantitative estimate of drug-likeness (QED) is 0.590. The zero-order chi connectivity index (χ0) is 19.7. The van der Waals surface area contributed by atoms with Crippen molar-refractivity contribution in [3.63, 3.8) is 0 Å². The molecule has 2 aromatic rings. The molecule has 0 unspecified atom stereocenters. The first-order chi connectivity index (χ1) is 13.4. The van der Waals surface area contributed by atoms with Gasteiger partial charge >= 0.3 is 6.18 Å². The van der Waals surface area contributed by atoms with Gasteiger partial charge in [0.25, 0.3) is 0 Å². The average molecular weight is 405 g/mol. The summed E-state index contributed by atoms with van der Waals surface area (Å²) in [5.74, 6) is 0. The average Bonchev–Trinajstić information content (AvgIpc) is 2.68. The second-order valence-corrected chi connectivity index (χ2v) is 8.44. The van der Waals surface area contributed by atoms with Gasteiger partial charge in [-0.3, -0.25) is 0 Å². The molecule has 4 rings (SSSR count). The van der Waals surface area contributed by atoms with Crippen LogP contribution in [0.3, 0.4) is 0 Å². The van der Waals surface area contributed by atoms with E-state index in [9.17, 15) is 13.2 Å². The molecular formula is C22H23F3N2S. The molecule has 28 heavy (non-hydrogen) atoms. The van der Waals surface area contributed by atoms with Crippen LogP contribution in [-0.2, 0) is 6.18 Å². The van der Waals surface area contributed by atoms with Gasteiger partial charge in [-0.15, -0.1) is 0 Å². The van der Waals surface area contributed by atoms with Crippen LogP contribution in [0.25, 0.3) is 5.57 Å². The summed E-state index contributed by atoms with van der Waals surface area (Å²) >= 11 is 1.54. The standard InChI is InChI=1S/C22H23F3N2S/c1-26-11-13-27(14-12-26)10-4-6-17-18-5-2-3-7-20(18)28-21-9-8-16(15-19(17)21)22(23,24)25/h2-3,5-9,15H,4,10-14H2,1H3. The zero-order valence-corrected chi connectivity index (χ0v) is 16.6. The van der Waals surface area contributed by atoms with Crippen LogP contribution in [0.2, 0.25) is 0 Å². The molecule has 2 aliphatic heterocycles. The van der Waals surface area contributed by atoms with Crippen LogP contribution in [0.15, 0.2) is 58.3 Å². The van der Waals surface area contributed by atoms with Gasteiger partial charge in [0.2, 0.25) is 0 Å². The highest BCUT2D eigenvalue weighted by Gasteiger charge is 2.32. The number of piperazine rings is 1. The minimum atomic E-state index is -4.33. The van der Waals surface area contributed by atoms with Crippen molar-refractivity contribution in [2.75, 3.05) is 39.8 Å². The highest BCUT2D eigenvalue weighted by molar-refractivity contribution is 7.99.